The Balaban J connectivity index is 0.000000165. The molecule has 3 aromatic heterocycles. The summed E-state index contributed by atoms with van der Waals surface area (Å²) in [6, 6.07) is 6.01. The van der Waals surface area contributed by atoms with Crippen molar-refractivity contribution in [3.63, 3.8) is 0 Å². The third-order valence-corrected chi connectivity index (χ3v) is 7.13. The smallest absolute Gasteiger partial charge is 0.171 e. The number of fused-ring (bicyclic) bond motifs is 2. The van der Waals surface area contributed by atoms with Crippen LogP contribution in [0, 0.1) is 6.92 Å². The van der Waals surface area contributed by atoms with Crippen molar-refractivity contribution in [1.82, 2.24) is 29.0 Å². The summed E-state index contributed by atoms with van der Waals surface area (Å²) in [5.41, 5.74) is 4.26. The van der Waals surface area contributed by atoms with Crippen LogP contribution in [0.4, 0.5) is 5.82 Å². The number of aldehydes is 1. The van der Waals surface area contributed by atoms with Gasteiger partial charge in [-0.1, -0.05) is 0 Å². The van der Waals surface area contributed by atoms with Crippen molar-refractivity contribution < 1.29 is 9.53 Å². The lowest BCUT2D eigenvalue weighted by molar-refractivity contribution is 0.111. The van der Waals surface area contributed by atoms with Crippen molar-refractivity contribution in [3.05, 3.63) is 53.2 Å². The van der Waals surface area contributed by atoms with Crippen LogP contribution in [0.15, 0.2) is 35.5 Å². The van der Waals surface area contributed by atoms with Crippen molar-refractivity contribution in [2.24, 2.45) is 7.05 Å². The average molecular weight is 470 g/mol. The highest BCUT2D eigenvalue weighted by molar-refractivity contribution is 7.97. The van der Waals surface area contributed by atoms with E-state index in [-0.39, 0.29) is 0 Å². The van der Waals surface area contributed by atoms with Gasteiger partial charge in [-0.15, -0.1) is 0 Å². The number of rotatable bonds is 5. The number of anilines is 1. The SMILES string of the molecule is CNCc1ccnc2c1OCCN2C.Cc1c(SN2CCn3nccc3C2)cc(C=O)n1C. The van der Waals surface area contributed by atoms with Gasteiger partial charge >= 0.3 is 0 Å². The Kier molecular flexibility index (Phi) is 7.36. The molecule has 5 rings (SSSR count). The highest BCUT2D eigenvalue weighted by Gasteiger charge is 2.20. The molecule has 0 atom stereocenters. The summed E-state index contributed by atoms with van der Waals surface area (Å²) in [6.45, 7) is 7.28. The molecule has 0 fully saturated rings. The molecule has 0 spiro atoms. The number of carbonyl (C=O) groups excluding carboxylic acids is 1. The van der Waals surface area contributed by atoms with Crippen LogP contribution >= 0.6 is 11.9 Å². The fourth-order valence-electron chi connectivity index (χ4n) is 3.90. The molecule has 10 heteroatoms. The van der Waals surface area contributed by atoms with Crippen molar-refractivity contribution >= 4 is 24.1 Å². The number of likely N-dealkylation sites (N-methyl/N-ethyl adjacent to an activating group) is 1. The van der Waals surface area contributed by atoms with Crippen molar-refractivity contribution in [3.8, 4) is 5.75 Å². The molecule has 0 aromatic carbocycles. The fourth-order valence-corrected chi connectivity index (χ4v) is 4.99. The second-order valence-corrected chi connectivity index (χ2v) is 9.26. The van der Waals surface area contributed by atoms with Crippen LogP contribution in [0.3, 0.4) is 0 Å². The first-order valence-corrected chi connectivity index (χ1v) is 11.8. The second-order valence-electron chi connectivity index (χ2n) is 8.12. The highest BCUT2D eigenvalue weighted by atomic mass is 32.2. The van der Waals surface area contributed by atoms with Gasteiger partial charge in [-0.05, 0) is 44.1 Å². The first kappa shape index (κ1) is 23.3. The van der Waals surface area contributed by atoms with Crippen molar-refractivity contribution in [1.29, 1.82) is 0 Å². The van der Waals surface area contributed by atoms with Gasteiger partial charge in [0.1, 0.15) is 6.61 Å². The number of nitrogens with zero attached hydrogens (tertiary/aromatic N) is 6. The molecule has 1 N–H and O–H groups in total. The van der Waals surface area contributed by atoms with E-state index in [4.69, 9.17) is 4.74 Å². The minimum Gasteiger partial charge on any atom is -0.488 e. The molecule has 9 nitrogen and oxygen atoms in total. The van der Waals surface area contributed by atoms with E-state index in [1.165, 1.54) is 11.3 Å². The summed E-state index contributed by atoms with van der Waals surface area (Å²) in [6.07, 6.45) is 4.58. The maximum Gasteiger partial charge on any atom is 0.171 e. The number of aromatic nitrogens is 4. The zero-order chi connectivity index (χ0) is 23.4. The van der Waals surface area contributed by atoms with Crippen LogP contribution in [0.5, 0.6) is 5.75 Å². The summed E-state index contributed by atoms with van der Waals surface area (Å²) < 4.78 is 11.9. The highest BCUT2D eigenvalue weighted by Crippen LogP contribution is 2.32. The molecule has 2 aliphatic rings. The standard InChI is InChI=1S/C13H16N4OS.C10H15N3O/c1-10-13(7-12(9-18)15(10)2)19-16-5-6-17-11(8-16)3-4-14-17;1-11-7-8-3-4-12-10-9(8)14-6-5-13(10)2/h3-4,7,9H,5-6,8H2,1-2H3;3-4,11H,5-7H2,1-2H3. The molecule has 0 radical (unpaired) electrons. The Bertz CT molecular complexity index is 1110. The van der Waals surface area contributed by atoms with E-state index in [9.17, 15) is 4.79 Å². The summed E-state index contributed by atoms with van der Waals surface area (Å²) in [5.74, 6) is 1.87. The molecule has 0 saturated heterocycles. The average Bonchev–Trinajstić information content (AvgIpc) is 3.40. The Morgan fingerprint density at radius 3 is 2.82 bits per heavy atom. The van der Waals surface area contributed by atoms with Crippen LogP contribution in [0.2, 0.25) is 0 Å². The van der Waals surface area contributed by atoms with Crippen molar-refractivity contribution in [2.75, 3.05) is 38.7 Å². The van der Waals surface area contributed by atoms with Gasteiger partial charge in [-0.2, -0.15) is 5.10 Å². The number of pyridine rings is 1. The summed E-state index contributed by atoms with van der Waals surface area (Å²) in [5, 5.41) is 7.40. The monoisotopic (exact) mass is 469 g/mol. The molecule has 3 aromatic rings. The molecule has 0 saturated carbocycles. The normalized spacial score (nSPS) is 15.2. The van der Waals surface area contributed by atoms with E-state index in [1.807, 2.05) is 61.8 Å². The Labute approximate surface area is 198 Å². The minimum absolute atomic E-state index is 0.724. The quantitative estimate of drug-likeness (QED) is 0.451. The van der Waals surface area contributed by atoms with Gasteiger partial charge < -0.3 is 19.5 Å². The first-order chi connectivity index (χ1) is 16.0. The van der Waals surface area contributed by atoms with Crippen LogP contribution in [0.1, 0.15) is 27.4 Å². The largest absolute Gasteiger partial charge is 0.488 e. The Morgan fingerprint density at radius 2 is 2.06 bits per heavy atom. The number of nitrogens with one attached hydrogen (secondary N) is 1. The van der Waals surface area contributed by atoms with Gasteiger partial charge in [0.15, 0.2) is 17.9 Å². The van der Waals surface area contributed by atoms with E-state index in [1.54, 1.807) is 11.9 Å². The number of hydrogen-bond acceptors (Lipinski definition) is 8. The van der Waals surface area contributed by atoms with Crippen LogP contribution < -0.4 is 15.0 Å². The maximum absolute atomic E-state index is 11.0. The van der Waals surface area contributed by atoms with E-state index in [2.05, 4.69) is 30.7 Å². The van der Waals surface area contributed by atoms with Gasteiger partial charge in [0.2, 0.25) is 0 Å². The summed E-state index contributed by atoms with van der Waals surface area (Å²) in [7, 11) is 5.89. The van der Waals surface area contributed by atoms with E-state index >= 15 is 0 Å². The van der Waals surface area contributed by atoms with Gasteiger partial charge in [0.25, 0.3) is 0 Å². The Morgan fingerprint density at radius 1 is 1.21 bits per heavy atom. The molecule has 2 aliphatic heterocycles. The molecule has 0 amide bonds. The van der Waals surface area contributed by atoms with Crippen LogP contribution in [-0.4, -0.2) is 63.7 Å². The fraction of sp³-hybridized carbons (Fsp3) is 0.435. The summed E-state index contributed by atoms with van der Waals surface area (Å²) >= 11 is 1.72. The van der Waals surface area contributed by atoms with Crippen LogP contribution in [-0.2, 0) is 26.7 Å². The number of ether oxygens (including phenoxy) is 1. The lowest BCUT2D eigenvalue weighted by Gasteiger charge is -2.27. The van der Waals surface area contributed by atoms with Crippen molar-refractivity contribution in [2.45, 2.75) is 31.5 Å². The number of hydrogen-bond donors (Lipinski definition) is 1. The second kappa shape index (κ2) is 10.4. The van der Waals surface area contributed by atoms with Crippen LogP contribution in [0.25, 0.3) is 0 Å². The lowest BCUT2D eigenvalue weighted by atomic mass is 10.2. The lowest BCUT2D eigenvalue weighted by Crippen LogP contribution is -2.30. The molecule has 5 heterocycles. The molecule has 0 unspecified atom stereocenters. The van der Waals surface area contributed by atoms with E-state index < -0.39 is 0 Å². The molecule has 0 bridgehead atoms. The first-order valence-electron chi connectivity index (χ1n) is 11.0. The minimum atomic E-state index is 0.724. The molecular weight excluding hydrogens is 438 g/mol. The molecule has 176 valence electrons. The third-order valence-electron chi connectivity index (χ3n) is 5.95. The van der Waals surface area contributed by atoms with Gasteiger partial charge in [-0.3, -0.25) is 9.48 Å². The molecule has 33 heavy (non-hydrogen) atoms. The molecular formula is C23H31N7O2S. The number of carbonyl (C=O) groups is 1. The third kappa shape index (κ3) is 5.07. The zero-order valence-corrected chi connectivity index (χ0v) is 20.4. The van der Waals surface area contributed by atoms with Gasteiger partial charge in [-0.25, -0.2) is 9.29 Å². The predicted octanol–water partition coefficient (Wildman–Crippen LogP) is 2.50. The topological polar surface area (TPSA) is 80.5 Å². The Hall–Kier alpha value is -2.82. The van der Waals surface area contributed by atoms with Gasteiger partial charge in [0, 0.05) is 55.7 Å². The maximum atomic E-state index is 11.0. The van der Waals surface area contributed by atoms with E-state index in [0.29, 0.717) is 0 Å². The zero-order valence-electron chi connectivity index (χ0n) is 19.6. The van der Waals surface area contributed by atoms with E-state index in [0.717, 1.165) is 73.5 Å². The van der Waals surface area contributed by atoms with Gasteiger partial charge in [0.05, 0.1) is 31.0 Å². The molecule has 0 aliphatic carbocycles. The predicted molar refractivity (Wildman–Crippen MR) is 130 cm³/mol. The summed E-state index contributed by atoms with van der Waals surface area (Å²) in [4.78, 5) is 18.5.